The molecule has 1 aliphatic heterocycles. The maximum absolute atomic E-state index is 11.8. The van der Waals surface area contributed by atoms with Gasteiger partial charge in [-0.1, -0.05) is 6.92 Å². The first-order chi connectivity index (χ1) is 9.17. The third-order valence-electron chi connectivity index (χ3n) is 3.04. The Morgan fingerprint density at radius 1 is 1.53 bits per heavy atom. The van der Waals surface area contributed by atoms with Crippen molar-refractivity contribution in [2.24, 2.45) is 0 Å². The molecule has 102 valence electrons. The number of amides is 1. The lowest BCUT2D eigenvalue weighted by Crippen LogP contribution is -2.55. The maximum Gasteiger partial charge on any atom is 0.358 e. The molecule has 0 saturated carbocycles. The number of nitrogens with one attached hydrogen (secondary N) is 1. The van der Waals surface area contributed by atoms with E-state index in [2.05, 4.69) is 20.0 Å². The van der Waals surface area contributed by atoms with E-state index in [0.29, 0.717) is 25.3 Å². The molecule has 2 heterocycles. The number of aromatic nitrogens is 2. The fourth-order valence-corrected chi connectivity index (χ4v) is 2.07. The van der Waals surface area contributed by atoms with E-state index in [1.165, 1.54) is 19.5 Å². The zero-order chi connectivity index (χ0) is 13.8. The van der Waals surface area contributed by atoms with Gasteiger partial charge in [0.15, 0.2) is 5.69 Å². The smallest absolute Gasteiger partial charge is 0.358 e. The van der Waals surface area contributed by atoms with Crippen LogP contribution in [0.5, 0.6) is 0 Å². The third kappa shape index (κ3) is 2.64. The van der Waals surface area contributed by atoms with Crippen LogP contribution >= 0.6 is 0 Å². The SMILES string of the molecule is CCC1C(=O)NCCN1c1cnc(C(=O)OC)cn1. The fraction of sp³-hybridized carbons (Fsp3) is 0.500. The van der Waals surface area contributed by atoms with Gasteiger partial charge in [-0.2, -0.15) is 0 Å². The van der Waals surface area contributed by atoms with Gasteiger partial charge in [0.1, 0.15) is 11.9 Å². The summed E-state index contributed by atoms with van der Waals surface area (Å²) in [5.41, 5.74) is 0.153. The minimum Gasteiger partial charge on any atom is -0.464 e. The molecular weight excluding hydrogens is 248 g/mol. The van der Waals surface area contributed by atoms with Gasteiger partial charge in [-0.25, -0.2) is 14.8 Å². The Morgan fingerprint density at radius 2 is 2.32 bits per heavy atom. The molecule has 7 heteroatoms. The Hall–Kier alpha value is -2.18. The summed E-state index contributed by atoms with van der Waals surface area (Å²) in [6, 6.07) is -0.243. The number of ether oxygens (including phenoxy) is 1. The van der Waals surface area contributed by atoms with Crippen molar-refractivity contribution in [1.82, 2.24) is 15.3 Å². The van der Waals surface area contributed by atoms with Crippen LogP contribution in [0, 0.1) is 0 Å². The third-order valence-corrected chi connectivity index (χ3v) is 3.04. The predicted molar refractivity (Wildman–Crippen MR) is 67.8 cm³/mol. The molecule has 1 fully saturated rings. The molecule has 7 nitrogen and oxygen atoms in total. The van der Waals surface area contributed by atoms with Crippen molar-refractivity contribution in [3.8, 4) is 0 Å². The Labute approximate surface area is 111 Å². The highest BCUT2D eigenvalue weighted by atomic mass is 16.5. The maximum atomic E-state index is 11.8. The van der Waals surface area contributed by atoms with Crippen LogP contribution < -0.4 is 10.2 Å². The quantitative estimate of drug-likeness (QED) is 0.772. The van der Waals surface area contributed by atoms with Gasteiger partial charge in [0.25, 0.3) is 0 Å². The number of rotatable bonds is 3. The lowest BCUT2D eigenvalue weighted by molar-refractivity contribution is -0.123. The molecule has 2 rings (SSSR count). The fourth-order valence-electron chi connectivity index (χ4n) is 2.07. The first-order valence-corrected chi connectivity index (χ1v) is 6.12. The number of methoxy groups -OCH3 is 1. The van der Waals surface area contributed by atoms with Gasteiger partial charge in [-0.15, -0.1) is 0 Å². The van der Waals surface area contributed by atoms with Gasteiger partial charge in [0.05, 0.1) is 19.5 Å². The van der Waals surface area contributed by atoms with Crippen LogP contribution in [0.15, 0.2) is 12.4 Å². The molecule has 19 heavy (non-hydrogen) atoms. The van der Waals surface area contributed by atoms with Crippen LogP contribution in [-0.2, 0) is 9.53 Å². The summed E-state index contributed by atoms with van der Waals surface area (Å²) in [6.45, 7) is 3.20. The number of piperazine rings is 1. The summed E-state index contributed by atoms with van der Waals surface area (Å²) in [5.74, 6) is 0.0597. The summed E-state index contributed by atoms with van der Waals surface area (Å²) in [5, 5.41) is 2.82. The molecule has 1 saturated heterocycles. The van der Waals surface area contributed by atoms with Crippen LogP contribution in [0.4, 0.5) is 5.82 Å². The Balaban J connectivity index is 2.21. The number of nitrogens with zero attached hydrogens (tertiary/aromatic N) is 3. The van der Waals surface area contributed by atoms with Gasteiger partial charge < -0.3 is 15.0 Å². The van der Waals surface area contributed by atoms with Crippen LogP contribution in [0.2, 0.25) is 0 Å². The Morgan fingerprint density at radius 3 is 2.89 bits per heavy atom. The molecule has 0 aromatic carbocycles. The van der Waals surface area contributed by atoms with Gasteiger partial charge in [-0.3, -0.25) is 4.79 Å². The Bertz CT molecular complexity index is 474. The molecule has 1 aliphatic rings. The molecule has 0 radical (unpaired) electrons. The van der Waals surface area contributed by atoms with E-state index in [-0.39, 0.29) is 17.6 Å². The summed E-state index contributed by atoms with van der Waals surface area (Å²) in [6.07, 6.45) is 3.54. The summed E-state index contributed by atoms with van der Waals surface area (Å²) in [4.78, 5) is 33.1. The lowest BCUT2D eigenvalue weighted by atomic mass is 10.1. The van der Waals surface area contributed by atoms with Crippen LogP contribution in [0.1, 0.15) is 23.8 Å². The van der Waals surface area contributed by atoms with Gasteiger partial charge in [0.2, 0.25) is 5.91 Å². The highest BCUT2D eigenvalue weighted by Gasteiger charge is 2.29. The highest BCUT2D eigenvalue weighted by Crippen LogP contribution is 2.17. The zero-order valence-corrected chi connectivity index (χ0v) is 10.9. The van der Waals surface area contributed by atoms with Gasteiger partial charge >= 0.3 is 5.97 Å². The van der Waals surface area contributed by atoms with Crippen LogP contribution in [0.3, 0.4) is 0 Å². The van der Waals surface area contributed by atoms with E-state index < -0.39 is 5.97 Å². The van der Waals surface area contributed by atoms with E-state index >= 15 is 0 Å². The second-order valence-electron chi connectivity index (χ2n) is 4.16. The van der Waals surface area contributed by atoms with Crippen LogP contribution in [-0.4, -0.2) is 48.1 Å². The van der Waals surface area contributed by atoms with E-state index in [1.807, 2.05) is 11.8 Å². The number of hydrogen-bond acceptors (Lipinski definition) is 6. The van der Waals surface area contributed by atoms with Crippen molar-refractivity contribution < 1.29 is 14.3 Å². The van der Waals surface area contributed by atoms with E-state index in [9.17, 15) is 9.59 Å². The van der Waals surface area contributed by atoms with Crippen molar-refractivity contribution in [1.29, 1.82) is 0 Å². The summed E-state index contributed by atoms with van der Waals surface area (Å²) in [7, 11) is 1.29. The van der Waals surface area contributed by atoms with E-state index in [0.717, 1.165) is 0 Å². The minimum atomic E-state index is -0.525. The van der Waals surface area contributed by atoms with Crippen molar-refractivity contribution in [2.75, 3.05) is 25.1 Å². The number of esters is 1. The lowest BCUT2D eigenvalue weighted by Gasteiger charge is -2.35. The molecule has 0 spiro atoms. The zero-order valence-electron chi connectivity index (χ0n) is 10.9. The highest BCUT2D eigenvalue weighted by molar-refractivity contribution is 5.87. The number of carbonyl (C=O) groups is 2. The number of hydrogen-bond donors (Lipinski definition) is 1. The monoisotopic (exact) mass is 264 g/mol. The minimum absolute atomic E-state index is 0.00686. The van der Waals surface area contributed by atoms with Gasteiger partial charge in [-0.05, 0) is 6.42 Å². The largest absolute Gasteiger partial charge is 0.464 e. The number of carbonyl (C=O) groups excluding carboxylic acids is 2. The van der Waals surface area contributed by atoms with Crippen molar-refractivity contribution in [3.63, 3.8) is 0 Å². The molecule has 1 atom stereocenters. The van der Waals surface area contributed by atoms with E-state index in [1.54, 1.807) is 0 Å². The van der Waals surface area contributed by atoms with Gasteiger partial charge in [0, 0.05) is 13.1 Å². The molecule has 1 aromatic heterocycles. The Kier molecular flexibility index (Phi) is 3.94. The standard InChI is InChI=1S/C12H16N4O3/c1-3-9-11(17)13-4-5-16(9)10-7-14-8(6-15-10)12(18)19-2/h6-7,9H,3-5H2,1-2H3,(H,13,17). The molecule has 0 aliphatic carbocycles. The summed E-state index contributed by atoms with van der Waals surface area (Å²) >= 11 is 0. The molecule has 1 N–H and O–H groups in total. The molecule has 1 amide bonds. The second-order valence-corrected chi connectivity index (χ2v) is 4.16. The molecular formula is C12H16N4O3. The van der Waals surface area contributed by atoms with E-state index in [4.69, 9.17) is 0 Å². The number of anilines is 1. The molecule has 1 unspecified atom stereocenters. The van der Waals surface area contributed by atoms with Crippen molar-refractivity contribution in [2.45, 2.75) is 19.4 Å². The van der Waals surface area contributed by atoms with Crippen molar-refractivity contribution >= 4 is 17.7 Å². The van der Waals surface area contributed by atoms with Crippen molar-refractivity contribution in [3.05, 3.63) is 18.1 Å². The predicted octanol–water partition coefficient (Wildman–Crippen LogP) is -0.0220. The van der Waals surface area contributed by atoms with Crippen LogP contribution in [0.25, 0.3) is 0 Å². The normalized spacial score (nSPS) is 18.9. The first kappa shape index (κ1) is 13.3. The average Bonchev–Trinajstić information content (AvgIpc) is 2.46. The first-order valence-electron chi connectivity index (χ1n) is 6.12. The molecule has 1 aromatic rings. The topological polar surface area (TPSA) is 84.4 Å². The second kappa shape index (κ2) is 5.64. The summed E-state index contributed by atoms with van der Waals surface area (Å²) < 4.78 is 4.56. The molecule has 0 bridgehead atoms. The average molecular weight is 264 g/mol.